The van der Waals surface area contributed by atoms with E-state index in [2.05, 4.69) is 5.32 Å². The van der Waals surface area contributed by atoms with E-state index in [0.29, 0.717) is 23.6 Å². The summed E-state index contributed by atoms with van der Waals surface area (Å²) in [7, 11) is 1.86. The molecule has 0 saturated heterocycles. The van der Waals surface area contributed by atoms with Crippen molar-refractivity contribution in [2.24, 2.45) is 7.05 Å². The van der Waals surface area contributed by atoms with Gasteiger partial charge in [0.15, 0.2) is 0 Å². The summed E-state index contributed by atoms with van der Waals surface area (Å²) in [6, 6.07) is 15.0. The number of ketones is 1. The molecular weight excluding hydrogens is 324 g/mol. The molecule has 3 aromatic rings. The minimum Gasteiger partial charge on any atom is -0.350 e. The predicted molar refractivity (Wildman–Crippen MR) is 95.4 cm³/mol. The number of nitrogens with zero attached hydrogens (tertiary/aromatic N) is 1. The van der Waals surface area contributed by atoms with Crippen LogP contribution in [0.25, 0.3) is 10.9 Å². The molecule has 3 rings (SSSR count). The van der Waals surface area contributed by atoms with Gasteiger partial charge in [-0.05, 0) is 30.2 Å². The average Bonchev–Trinajstić information content (AvgIpc) is 2.91. The molecule has 0 bridgehead atoms. The number of nitrogens with one attached hydrogen (secondary N) is 1. The van der Waals surface area contributed by atoms with Crippen LogP contribution in [-0.4, -0.2) is 22.8 Å². The Balaban J connectivity index is 1.67. The number of aryl methyl sites for hydroxylation is 1. The number of carbonyl (C=O) groups is 2. The zero-order valence-electron chi connectivity index (χ0n) is 13.3. The van der Waals surface area contributed by atoms with Crippen LogP contribution in [0.2, 0.25) is 5.02 Å². The molecule has 0 radical (unpaired) electrons. The van der Waals surface area contributed by atoms with Gasteiger partial charge in [0.2, 0.25) is 0 Å². The molecule has 2 aromatic carbocycles. The molecule has 1 N–H and O–H groups in total. The Morgan fingerprint density at radius 1 is 1.12 bits per heavy atom. The van der Waals surface area contributed by atoms with Gasteiger partial charge in [0, 0.05) is 35.7 Å². The van der Waals surface area contributed by atoms with Gasteiger partial charge in [-0.25, -0.2) is 0 Å². The molecule has 1 amide bonds. The molecule has 0 saturated carbocycles. The lowest BCUT2D eigenvalue weighted by Gasteiger charge is -2.05. The van der Waals surface area contributed by atoms with Gasteiger partial charge >= 0.3 is 0 Å². The third kappa shape index (κ3) is 3.34. The summed E-state index contributed by atoms with van der Waals surface area (Å²) in [6.45, 7) is 0.385. The topological polar surface area (TPSA) is 51.1 Å². The second-order valence-electron chi connectivity index (χ2n) is 5.64. The fourth-order valence-corrected chi connectivity index (χ4v) is 2.95. The molecule has 0 aliphatic rings. The van der Waals surface area contributed by atoms with Crippen LogP contribution in [0.5, 0.6) is 0 Å². The normalized spacial score (nSPS) is 10.8. The summed E-state index contributed by atoms with van der Waals surface area (Å²) in [4.78, 5) is 24.6. The summed E-state index contributed by atoms with van der Waals surface area (Å²) >= 11 is 5.93. The molecule has 0 aliphatic heterocycles. The van der Waals surface area contributed by atoms with E-state index in [0.717, 1.165) is 16.5 Å². The van der Waals surface area contributed by atoms with E-state index in [1.807, 2.05) is 54.1 Å². The number of fused-ring (bicyclic) bond motifs is 1. The van der Waals surface area contributed by atoms with Crippen LogP contribution in [0.15, 0.2) is 54.7 Å². The lowest BCUT2D eigenvalue weighted by atomic mass is 10.1. The molecule has 0 spiro atoms. The van der Waals surface area contributed by atoms with Gasteiger partial charge in [0.1, 0.15) is 0 Å². The minimum atomic E-state index is -0.589. The monoisotopic (exact) mass is 340 g/mol. The zero-order valence-corrected chi connectivity index (χ0v) is 14.0. The van der Waals surface area contributed by atoms with Crippen LogP contribution in [0.4, 0.5) is 0 Å². The molecule has 0 aliphatic carbocycles. The highest BCUT2D eigenvalue weighted by molar-refractivity contribution is 6.45. The van der Waals surface area contributed by atoms with Crippen molar-refractivity contribution in [3.05, 3.63) is 70.9 Å². The van der Waals surface area contributed by atoms with E-state index in [1.165, 1.54) is 0 Å². The van der Waals surface area contributed by atoms with Crippen molar-refractivity contribution in [2.45, 2.75) is 6.42 Å². The van der Waals surface area contributed by atoms with Crippen molar-refractivity contribution in [1.82, 2.24) is 9.88 Å². The van der Waals surface area contributed by atoms with Gasteiger partial charge in [-0.1, -0.05) is 41.9 Å². The number of amides is 1. The van der Waals surface area contributed by atoms with Gasteiger partial charge in [-0.3, -0.25) is 9.59 Å². The SMILES string of the molecule is Cn1cc(C(=O)C(=O)NCCc2cccc(Cl)c2)c2ccccc21. The predicted octanol–water partition coefficient (Wildman–Crippen LogP) is 3.37. The number of para-hydroxylation sites is 1. The largest absolute Gasteiger partial charge is 0.350 e. The fourth-order valence-electron chi connectivity index (χ4n) is 2.74. The van der Waals surface area contributed by atoms with Gasteiger partial charge < -0.3 is 9.88 Å². The molecule has 24 heavy (non-hydrogen) atoms. The van der Waals surface area contributed by atoms with Gasteiger partial charge in [-0.15, -0.1) is 0 Å². The fraction of sp³-hybridized carbons (Fsp3) is 0.158. The van der Waals surface area contributed by atoms with Crippen molar-refractivity contribution in [3.63, 3.8) is 0 Å². The Kier molecular flexibility index (Phi) is 4.67. The zero-order chi connectivity index (χ0) is 17.1. The van der Waals surface area contributed by atoms with Crippen molar-refractivity contribution in [1.29, 1.82) is 0 Å². The number of Topliss-reactive ketones (excluding diaryl/α,β-unsaturated/α-hetero) is 1. The summed E-state index contributed by atoms with van der Waals surface area (Å²) < 4.78 is 1.85. The van der Waals surface area contributed by atoms with Crippen LogP contribution in [0, 0.1) is 0 Å². The molecule has 1 heterocycles. The summed E-state index contributed by atoms with van der Waals surface area (Å²) in [5.74, 6) is -1.11. The molecule has 5 heteroatoms. The van der Waals surface area contributed by atoms with Crippen LogP contribution in [-0.2, 0) is 18.3 Å². The van der Waals surface area contributed by atoms with E-state index in [4.69, 9.17) is 11.6 Å². The Hall–Kier alpha value is -2.59. The third-order valence-corrected chi connectivity index (χ3v) is 4.17. The molecule has 4 nitrogen and oxygen atoms in total. The highest BCUT2D eigenvalue weighted by Gasteiger charge is 2.20. The number of halogens is 1. The second kappa shape index (κ2) is 6.89. The second-order valence-corrected chi connectivity index (χ2v) is 6.07. The summed E-state index contributed by atoms with van der Waals surface area (Å²) in [5, 5.41) is 4.13. The quantitative estimate of drug-likeness (QED) is 0.572. The molecule has 0 fully saturated rings. The van der Waals surface area contributed by atoms with Crippen LogP contribution < -0.4 is 5.32 Å². The Morgan fingerprint density at radius 3 is 2.71 bits per heavy atom. The first-order valence-corrected chi connectivity index (χ1v) is 8.05. The first-order valence-electron chi connectivity index (χ1n) is 7.67. The van der Waals surface area contributed by atoms with Crippen LogP contribution in [0.1, 0.15) is 15.9 Å². The molecule has 0 unspecified atom stereocenters. The molecule has 1 aromatic heterocycles. The first kappa shape index (κ1) is 16.3. The molecule has 0 atom stereocenters. The minimum absolute atomic E-state index is 0.385. The van der Waals surface area contributed by atoms with Crippen molar-refractivity contribution >= 4 is 34.2 Å². The number of carbonyl (C=O) groups excluding carboxylic acids is 2. The summed E-state index contributed by atoms with van der Waals surface area (Å²) in [5.41, 5.74) is 2.36. The average molecular weight is 341 g/mol. The van der Waals surface area contributed by atoms with Crippen LogP contribution in [0.3, 0.4) is 0 Å². The number of aromatic nitrogens is 1. The smallest absolute Gasteiger partial charge is 0.292 e. The lowest BCUT2D eigenvalue weighted by molar-refractivity contribution is -0.116. The summed E-state index contributed by atoms with van der Waals surface area (Å²) in [6.07, 6.45) is 2.32. The number of hydrogen-bond acceptors (Lipinski definition) is 2. The maximum absolute atomic E-state index is 12.4. The van der Waals surface area contributed by atoms with Crippen molar-refractivity contribution < 1.29 is 9.59 Å². The van der Waals surface area contributed by atoms with E-state index < -0.39 is 11.7 Å². The Bertz CT molecular complexity index is 915. The third-order valence-electron chi connectivity index (χ3n) is 3.94. The number of benzene rings is 2. The molecule has 122 valence electrons. The van der Waals surface area contributed by atoms with Crippen molar-refractivity contribution in [3.8, 4) is 0 Å². The van der Waals surface area contributed by atoms with E-state index in [-0.39, 0.29) is 0 Å². The van der Waals surface area contributed by atoms with Gasteiger partial charge in [0.25, 0.3) is 11.7 Å². The van der Waals surface area contributed by atoms with E-state index in [1.54, 1.807) is 12.3 Å². The molecular formula is C19H17ClN2O2. The maximum Gasteiger partial charge on any atom is 0.292 e. The standard InChI is InChI=1S/C19H17ClN2O2/c1-22-12-16(15-7-2-3-8-17(15)22)18(23)19(24)21-10-9-13-5-4-6-14(20)11-13/h2-8,11-12H,9-10H2,1H3,(H,21,24). The lowest BCUT2D eigenvalue weighted by Crippen LogP contribution is -2.32. The van der Waals surface area contributed by atoms with E-state index in [9.17, 15) is 9.59 Å². The van der Waals surface area contributed by atoms with Gasteiger partial charge in [-0.2, -0.15) is 0 Å². The highest BCUT2D eigenvalue weighted by Crippen LogP contribution is 2.20. The van der Waals surface area contributed by atoms with E-state index >= 15 is 0 Å². The number of hydrogen-bond donors (Lipinski definition) is 1. The number of rotatable bonds is 5. The Morgan fingerprint density at radius 2 is 1.92 bits per heavy atom. The Labute approximate surface area is 145 Å². The highest BCUT2D eigenvalue weighted by atomic mass is 35.5. The van der Waals surface area contributed by atoms with Gasteiger partial charge in [0.05, 0.1) is 5.56 Å². The van der Waals surface area contributed by atoms with Crippen molar-refractivity contribution in [2.75, 3.05) is 6.54 Å². The van der Waals surface area contributed by atoms with Crippen LogP contribution >= 0.6 is 11.6 Å². The maximum atomic E-state index is 12.4. The first-order chi connectivity index (χ1) is 11.6.